The van der Waals surface area contributed by atoms with Gasteiger partial charge in [0.05, 0.1) is 31.5 Å². The average molecular weight is 383 g/mol. The average Bonchev–Trinajstić information content (AvgIpc) is 3.02. The Balaban J connectivity index is 1.71. The van der Waals surface area contributed by atoms with Gasteiger partial charge in [-0.15, -0.1) is 0 Å². The first-order valence-electron chi connectivity index (χ1n) is 9.47. The molecule has 0 aromatic heterocycles. The predicted molar refractivity (Wildman–Crippen MR) is 97.5 cm³/mol. The molecule has 150 valence electrons. The van der Waals surface area contributed by atoms with Gasteiger partial charge in [0, 0.05) is 32.2 Å². The molecule has 0 bridgehead atoms. The van der Waals surface area contributed by atoms with E-state index in [1.54, 1.807) is 4.90 Å². The quantitative estimate of drug-likeness (QED) is 0.818. The fourth-order valence-electron chi connectivity index (χ4n) is 4.10. The van der Waals surface area contributed by atoms with E-state index in [2.05, 4.69) is 17.1 Å². The van der Waals surface area contributed by atoms with Crippen LogP contribution in [-0.2, 0) is 4.74 Å². The Bertz CT molecular complexity index is 655. The Morgan fingerprint density at radius 2 is 2.07 bits per heavy atom. The maximum atomic E-state index is 13.9. The minimum atomic E-state index is -0.819. The third kappa shape index (κ3) is 4.56. The van der Waals surface area contributed by atoms with E-state index in [0.717, 1.165) is 38.2 Å². The molecule has 1 aromatic rings. The van der Waals surface area contributed by atoms with Crippen LogP contribution in [0.25, 0.3) is 0 Å². The number of aliphatic hydroxyl groups excluding tert-OH is 1. The molecular formula is C19H27F2N3O3. The number of benzene rings is 1. The minimum absolute atomic E-state index is 0.0669. The summed E-state index contributed by atoms with van der Waals surface area (Å²) in [6.45, 7) is 6.31. The molecule has 2 amide bonds. The number of hydrogen-bond acceptors (Lipinski definition) is 4. The lowest BCUT2D eigenvalue weighted by molar-refractivity contribution is 0.0222. The molecule has 0 spiro atoms. The first-order chi connectivity index (χ1) is 13.0. The van der Waals surface area contributed by atoms with Crippen molar-refractivity contribution in [2.45, 2.75) is 19.4 Å². The van der Waals surface area contributed by atoms with Crippen molar-refractivity contribution in [2.75, 3.05) is 51.3 Å². The van der Waals surface area contributed by atoms with Crippen molar-refractivity contribution in [2.24, 2.45) is 11.8 Å². The molecule has 0 aliphatic carbocycles. The molecule has 3 atom stereocenters. The summed E-state index contributed by atoms with van der Waals surface area (Å²) in [5.74, 6) is -1.12. The minimum Gasteiger partial charge on any atom is -0.394 e. The Labute approximate surface area is 158 Å². The Morgan fingerprint density at radius 3 is 2.70 bits per heavy atom. The number of rotatable bonds is 5. The fraction of sp³-hybridized carbons (Fsp3) is 0.632. The van der Waals surface area contributed by atoms with Gasteiger partial charge in [0.15, 0.2) is 0 Å². The standard InChI is InChI=1S/C19H27F2N3O3/c1-2-13-10-24(19(26)22-17-4-3-14(20)9-16(17)21)18(12-25)15(13)11-23-5-7-27-8-6-23/h3-4,9,13,15,18,25H,2,5-8,10-12H2,1H3,(H,22,26)/t13-,15-,18-/m1/s1. The molecule has 0 radical (unpaired) electrons. The van der Waals surface area contributed by atoms with Crippen molar-refractivity contribution in [3.8, 4) is 0 Å². The van der Waals surface area contributed by atoms with Crippen LogP contribution < -0.4 is 5.32 Å². The summed E-state index contributed by atoms with van der Waals surface area (Å²) in [6.07, 6.45) is 0.889. The number of nitrogens with one attached hydrogen (secondary N) is 1. The molecule has 2 aliphatic rings. The van der Waals surface area contributed by atoms with Gasteiger partial charge in [0.25, 0.3) is 0 Å². The van der Waals surface area contributed by atoms with Gasteiger partial charge < -0.3 is 20.1 Å². The molecule has 0 saturated carbocycles. The highest BCUT2D eigenvalue weighted by Gasteiger charge is 2.43. The number of likely N-dealkylation sites (tertiary alicyclic amines) is 1. The van der Waals surface area contributed by atoms with Crippen LogP contribution in [0.1, 0.15) is 13.3 Å². The van der Waals surface area contributed by atoms with Crippen molar-refractivity contribution < 1.29 is 23.4 Å². The van der Waals surface area contributed by atoms with Crippen LogP contribution in [0.5, 0.6) is 0 Å². The monoisotopic (exact) mass is 383 g/mol. The van der Waals surface area contributed by atoms with Crippen LogP contribution in [0.3, 0.4) is 0 Å². The number of amides is 2. The molecule has 2 heterocycles. The topological polar surface area (TPSA) is 65.0 Å². The van der Waals surface area contributed by atoms with E-state index in [4.69, 9.17) is 4.74 Å². The zero-order valence-corrected chi connectivity index (χ0v) is 15.5. The summed E-state index contributed by atoms with van der Waals surface area (Å²) in [4.78, 5) is 16.6. The number of ether oxygens (including phenoxy) is 1. The highest BCUT2D eigenvalue weighted by atomic mass is 19.1. The first-order valence-corrected chi connectivity index (χ1v) is 9.47. The summed E-state index contributed by atoms with van der Waals surface area (Å²) in [6, 6.07) is 2.24. The molecule has 6 nitrogen and oxygen atoms in total. The third-order valence-corrected chi connectivity index (χ3v) is 5.65. The Morgan fingerprint density at radius 1 is 1.33 bits per heavy atom. The maximum absolute atomic E-state index is 13.9. The van der Waals surface area contributed by atoms with E-state index in [1.807, 2.05) is 0 Å². The lowest BCUT2D eigenvalue weighted by Crippen LogP contribution is -2.47. The van der Waals surface area contributed by atoms with Gasteiger partial charge in [0.1, 0.15) is 11.6 Å². The van der Waals surface area contributed by atoms with Crippen LogP contribution >= 0.6 is 0 Å². The number of urea groups is 1. The van der Waals surface area contributed by atoms with E-state index in [9.17, 15) is 18.7 Å². The number of aliphatic hydroxyl groups is 1. The second-order valence-electron chi connectivity index (χ2n) is 7.20. The summed E-state index contributed by atoms with van der Waals surface area (Å²) >= 11 is 0. The smallest absolute Gasteiger partial charge is 0.322 e. The Hall–Kier alpha value is -1.77. The van der Waals surface area contributed by atoms with Crippen LogP contribution in [0.15, 0.2) is 18.2 Å². The molecule has 2 aliphatic heterocycles. The van der Waals surface area contributed by atoms with Crippen LogP contribution in [0.2, 0.25) is 0 Å². The number of morpholine rings is 1. The van der Waals surface area contributed by atoms with Gasteiger partial charge in [-0.3, -0.25) is 4.90 Å². The molecule has 27 heavy (non-hydrogen) atoms. The molecule has 2 saturated heterocycles. The number of hydrogen-bond donors (Lipinski definition) is 2. The van der Waals surface area contributed by atoms with Crippen molar-refractivity contribution in [1.82, 2.24) is 9.80 Å². The van der Waals surface area contributed by atoms with Crippen molar-refractivity contribution >= 4 is 11.7 Å². The number of nitrogens with zero attached hydrogens (tertiary/aromatic N) is 2. The molecule has 8 heteroatoms. The van der Waals surface area contributed by atoms with Crippen LogP contribution in [0, 0.1) is 23.5 Å². The normalized spacial score (nSPS) is 26.4. The molecule has 2 N–H and O–H groups in total. The number of carbonyl (C=O) groups is 1. The summed E-state index contributed by atoms with van der Waals surface area (Å²) in [5, 5.41) is 12.5. The van der Waals surface area contributed by atoms with Crippen molar-refractivity contribution in [3.05, 3.63) is 29.8 Å². The van der Waals surface area contributed by atoms with Crippen molar-refractivity contribution in [3.63, 3.8) is 0 Å². The first kappa shape index (κ1) is 20.0. The summed E-state index contributed by atoms with van der Waals surface area (Å²) < 4.78 is 32.3. The predicted octanol–water partition coefficient (Wildman–Crippen LogP) is 2.15. The van der Waals surface area contributed by atoms with Gasteiger partial charge >= 0.3 is 6.03 Å². The second-order valence-corrected chi connectivity index (χ2v) is 7.20. The van der Waals surface area contributed by atoms with Gasteiger partial charge in [-0.2, -0.15) is 0 Å². The van der Waals surface area contributed by atoms with Crippen molar-refractivity contribution in [1.29, 1.82) is 0 Å². The lowest BCUT2D eigenvalue weighted by atomic mass is 9.88. The largest absolute Gasteiger partial charge is 0.394 e. The molecular weight excluding hydrogens is 356 g/mol. The van der Waals surface area contributed by atoms with Gasteiger partial charge in [-0.1, -0.05) is 13.3 Å². The van der Waals surface area contributed by atoms with Gasteiger partial charge in [0.2, 0.25) is 0 Å². The number of anilines is 1. The zero-order chi connectivity index (χ0) is 19.4. The summed E-state index contributed by atoms with van der Waals surface area (Å²) in [7, 11) is 0. The van der Waals surface area contributed by atoms with Crippen LogP contribution in [0.4, 0.5) is 19.3 Å². The molecule has 3 rings (SSSR count). The fourth-order valence-corrected chi connectivity index (χ4v) is 4.10. The van der Waals surface area contributed by atoms with E-state index in [-0.39, 0.29) is 30.2 Å². The molecule has 0 unspecified atom stereocenters. The number of carbonyl (C=O) groups excluding carboxylic acids is 1. The van der Waals surface area contributed by atoms with E-state index in [1.165, 1.54) is 6.07 Å². The van der Waals surface area contributed by atoms with E-state index < -0.39 is 17.7 Å². The second kappa shape index (κ2) is 8.95. The zero-order valence-electron chi connectivity index (χ0n) is 15.5. The molecule has 1 aromatic carbocycles. The van der Waals surface area contributed by atoms with Gasteiger partial charge in [-0.05, 0) is 24.0 Å². The third-order valence-electron chi connectivity index (χ3n) is 5.65. The highest BCUT2D eigenvalue weighted by Crippen LogP contribution is 2.33. The summed E-state index contributed by atoms with van der Waals surface area (Å²) in [5.41, 5.74) is -0.0669. The Kier molecular flexibility index (Phi) is 6.62. The van der Waals surface area contributed by atoms with E-state index in [0.29, 0.717) is 19.8 Å². The lowest BCUT2D eigenvalue weighted by Gasteiger charge is -2.33. The van der Waals surface area contributed by atoms with E-state index >= 15 is 0 Å². The van der Waals surface area contributed by atoms with Crippen LogP contribution in [-0.4, -0.2) is 73.0 Å². The SMILES string of the molecule is CC[C@@H]1CN(C(=O)Nc2ccc(F)cc2F)[C@H](CO)[C@@H]1CN1CCOCC1. The van der Waals surface area contributed by atoms with Gasteiger partial charge in [-0.25, -0.2) is 13.6 Å². The number of halogens is 2. The molecule has 2 fully saturated rings. The highest BCUT2D eigenvalue weighted by molar-refractivity contribution is 5.90. The maximum Gasteiger partial charge on any atom is 0.322 e.